The van der Waals surface area contributed by atoms with Crippen molar-refractivity contribution in [3.05, 3.63) is 219 Å². The zero-order chi connectivity index (χ0) is 58.9. The highest BCUT2D eigenvalue weighted by atomic mass is 32.1. The first kappa shape index (κ1) is 54.3. The van der Waals surface area contributed by atoms with E-state index >= 15 is 0 Å². The van der Waals surface area contributed by atoms with Crippen LogP contribution in [-0.4, -0.2) is 81.8 Å². The van der Waals surface area contributed by atoms with Crippen molar-refractivity contribution in [1.29, 1.82) is 0 Å². The molecule has 0 saturated heterocycles. The molecule has 6 aromatic carbocycles. The Morgan fingerprint density at radius 3 is 1.23 bits per heavy atom. The molecule has 87 heavy (non-hydrogen) atoms. The lowest BCUT2D eigenvalue weighted by Gasteiger charge is -2.13. The van der Waals surface area contributed by atoms with Crippen molar-refractivity contribution in [3.63, 3.8) is 0 Å². The number of benzene rings is 6. The fourth-order valence-electron chi connectivity index (χ4n) is 9.90. The van der Waals surface area contributed by atoms with E-state index in [0.29, 0.717) is 57.3 Å². The van der Waals surface area contributed by atoms with E-state index in [1.54, 1.807) is 51.5 Å². The molecule has 6 N–H and O–H groups in total. The van der Waals surface area contributed by atoms with Crippen molar-refractivity contribution in [1.82, 2.24) is 60.5 Å². The third-order valence-electron chi connectivity index (χ3n) is 14.1. The van der Waals surface area contributed by atoms with Gasteiger partial charge in [0.05, 0.1) is 89.6 Å². The Balaban J connectivity index is 0.000000121. The highest BCUT2D eigenvalue weighted by molar-refractivity contribution is 7.13. The Morgan fingerprint density at radius 1 is 0.391 bits per heavy atom. The average Bonchev–Trinajstić information content (AvgIpc) is 3.40. The van der Waals surface area contributed by atoms with Crippen LogP contribution in [0.2, 0.25) is 0 Å². The molecule has 21 heteroatoms. The topological polar surface area (TPSA) is 253 Å². The second-order valence-corrected chi connectivity index (χ2v) is 20.2. The number of furan rings is 2. The van der Waals surface area contributed by atoms with Crippen LogP contribution in [0.3, 0.4) is 0 Å². The summed E-state index contributed by atoms with van der Waals surface area (Å²) in [5.41, 5.74) is 14.0. The Hall–Kier alpha value is -12.0. The number of rotatable bonds is 15. The van der Waals surface area contributed by atoms with Crippen molar-refractivity contribution in [2.75, 3.05) is 37.3 Å². The van der Waals surface area contributed by atoms with Gasteiger partial charge in [-0.25, -0.2) is 29.9 Å². The van der Waals surface area contributed by atoms with Crippen molar-refractivity contribution >= 4 is 79.0 Å². The molecular weight excluding hydrogens is 1110 g/mol. The standard InChI is InChI=1S/2C22H17N5O2.C22H17N5OS/c1-28-17-10-9-15(14-6-3-2-4-7-14)12-16(17)25-21-19-20(18-8-5-11-29-18)26-27-22(19)24-13-23-21;1-28-18-8-7-15(14-5-3-2-4-6-14)11-17(18)25-21-19-20(16-9-10-29-12-16)26-27-22(19)24-13-23-21;1-28-17-10-9-15(14-6-3-2-4-7-14)12-16(17)25-21-19-20(18-8-5-11-29-18)26-27-22(19)24-13-23-21/h3*2-13H,1H3,(H2,23,24,25,26,27). The molecule has 0 aliphatic carbocycles. The summed E-state index contributed by atoms with van der Waals surface area (Å²) >= 11 is 1.64. The van der Waals surface area contributed by atoms with E-state index < -0.39 is 0 Å². The number of nitrogens with zero attached hydrogens (tertiary/aromatic N) is 9. The number of H-pyrrole nitrogens is 3. The lowest BCUT2D eigenvalue weighted by atomic mass is 10.0. The molecule has 0 fully saturated rings. The molecule has 0 atom stereocenters. The summed E-state index contributed by atoms with van der Waals surface area (Å²) in [6.45, 7) is 0. The van der Waals surface area contributed by atoms with Gasteiger partial charge in [0.15, 0.2) is 22.7 Å². The molecule has 0 spiro atoms. The molecule has 0 saturated carbocycles. The van der Waals surface area contributed by atoms with E-state index in [2.05, 4.69) is 119 Å². The number of aromatic amines is 3. The maximum absolute atomic E-state index is 5.58. The monoisotopic (exact) mass is 1170 g/mol. The van der Waals surface area contributed by atoms with Gasteiger partial charge < -0.3 is 39.0 Å². The maximum Gasteiger partial charge on any atom is 0.186 e. The fourth-order valence-corrected chi connectivity index (χ4v) is 10.6. The zero-order valence-electron chi connectivity index (χ0n) is 46.8. The Bertz CT molecular complexity index is 4270. The number of methoxy groups -OCH3 is 3. The molecule has 0 amide bonds. The van der Waals surface area contributed by atoms with Gasteiger partial charge in [0, 0.05) is 5.56 Å². The third-order valence-corrected chi connectivity index (χ3v) is 15.0. The first-order valence-electron chi connectivity index (χ1n) is 27.2. The average molecular weight is 1170 g/mol. The van der Waals surface area contributed by atoms with Gasteiger partial charge in [-0.15, -0.1) is 11.3 Å². The highest BCUT2D eigenvalue weighted by Crippen LogP contribution is 2.40. The van der Waals surface area contributed by atoms with E-state index in [0.717, 1.165) is 94.2 Å². The summed E-state index contributed by atoms with van der Waals surface area (Å²) in [5.74, 6) is 4.73. The summed E-state index contributed by atoms with van der Waals surface area (Å²) in [7, 11) is 4.95. The van der Waals surface area contributed by atoms with Crippen LogP contribution in [-0.2, 0) is 0 Å². The van der Waals surface area contributed by atoms with Gasteiger partial charge in [-0.1, -0.05) is 115 Å². The van der Waals surface area contributed by atoms with Gasteiger partial charge in [-0.3, -0.25) is 15.3 Å². The van der Waals surface area contributed by atoms with Gasteiger partial charge in [-0.2, -0.15) is 15.3 Å². The number of hydrogen-bond acceptors (Lipinski definition) is 18. The lowest BCUT2D eigenvalue weighted by Crippen LogP contribution is -1.99. The van der Waals surface area contributed by atoms with Crippen LogP contribution in [0.4, 0.5) is 34.5 Å². The Labute approximate surface area is 500 Å². The van der Waals surface area contributed by atoms with Crippen molar-refractivity contribution in [2.45, 2.75) is 0 Å². The predicted molar refractivity (Wildman–Crippen MR) is 339 cm³/mol. The number of ether oxygens (including phenoxy) is 3. The van der Waals surface area contributed by atoms with Crippen molar-refractivity contribution in [2.24, 2.45) is 0 Å². The lowest BCUT2D eigenvalue weighted by molar-refractivity contribution is 0.417. The van der Waals surface area contributed by atoms with E-state index in [-0.39, 0.29) is 0 Å². The quantitative estimate of drug-likeness (QED) is 0.0558. The van der Waals surface area contributed by atoms with E-state index in [1.807, 2.05) is 139 Å². The highest BCUT2D eigenvalue weighted by Gasteiger charge is 2.21. The SMILES string of the molecule is COc1ccc(-c2ccccc2)cc1Nc1ncnc2n[nH]c(-c3ccco3)c12.COc1ccc(-c2ccccc2)cc1Nc1ncnc2n[nH]c(-c3cccs3)c12.COc1ccc(-c2ccccc2)cc1Nc1ncnc2n[nH]c(-c3ccoc3)c12. The molecule has 15 aromatic rings. The fraction of sp³-hybridized carbons (Fsp3) is 0.0455. The van der Waals surface area contributed by atoms with Crippen LogP contribution in [0.25, 0.3) is 99.8 Å². The van der Waals surface area contributed by atoms with Crippen LogP contribution in [0.1, 0.15) is 0 Å². The van der Waals surface area contributed by atoms with E-state index in [1.165, 1.54) is 19.0 Å². The van der Waals surface area contributed by atoms with Crippen LogP contribution in [0.5, 0.6) is 17.2 Å². The summed E-state index contributed by atoms with van der Waals surface area (Å²) in [6, 6.07) is 58.3. The molecule has 0 aliphatic rings. The number of anilines is 6. The number of hydrogen-bond donors (Lipinski definition) is 6. The van der Waals surface area contributed by atoms with Gasteiger partial charge in [0.2, 0.25) is 0 Å². The maximum atomic E-state index is 5.58. The summed E-state index contributed by atoms with van der Waals surface area (Å²) in [6.07, 6.45) is 9.36. The number of nitrogens with one attached hydrogen (secondary N) is 6. The first-order valence-corrected chi connectivity index (χ1v) is 28.1. The van der Waals surface area contributed by atoms with Crippen molar-refractivity contribution < 1.29 is 23.0 Å². The summed E-state index contributed by atoms with van der Waals surface area (Å²) in [4.78, 5) is 27.3. The zero-order valence-corrected chi connectivity index (χ0v) is 47.6. The van der Waals surface area contributed by atoms with Gasteiger partial charge in [-0.05, 0) is 99.4 Å². The minimum Gasteiger partial charge on any atom is -0.495 e. The second kappa shape index (κ2) is 24.9. The molecule has 20 nitrogen and oxygen atoms in total. The normalized spacial score (nSPS) is 10.9. The molecular formula is C66H51N15O5S. The van der Waals surface area contributed by atoms with Crippen molar-refractivity contribution in [3.8, 4) is 83.9 Å². The Kier molecular flexibility index (Phi) is 15.5. The first-order chi connectivity index (χ1) is 43.0. The van der Waals surface area contributed by atoms with Crippen LogP contribution >= 0.6 is 11.3 Å². The molecule has 9 heterocycles. The van der Waals surface area contributed by atoms with Gasteiger partial charge >= 0.3 is 0 Å². The largest absolute Gasteiger partial charge is 0.495 e. The van der Waals surface area contributed by atoms with Gasteiger partial charge in [0.25, 0.3) is 0 Å². The molecule has 426 valence electrons. The molecule has 15 rings (SSSR count). The molecule has 9 aromatic heterocycles. The minimum atomic E-state index is 0.548. The van der Waals surface area contributed by atoms with Crippen LogP contribution in [0.15, 0.2) is 228 Å². The number of thiophene rings is 1. The second-order valence-electron chi connectivity index (χ2n) is 19.2. The Morgan fingerprint density at radius 2 is 0.828 bits per heavy atom. The van der Waals surface area contributed by atoms with Gasteiger partial charge in [0.1, 0.15) is 59.4 Å². The summed E-state index contributed by atoms with van der Waals surface area (Å²) in [5, 5.41) is 36.7. The minimum absolute atomic E-state index is 0.548. The number of aromatic nitrogens is 12. The number of fused-ring (bicyclic) bond motifs is 3. The molecule has 0 bridgehead atoms. The smallest absolute Gasteiger partial charge is 0.186 e. The van der Waals surface area contributed by atoms with Crippen LogP contribution < -0.4 is 30.2 Å². The summed E-state index contributed by atoms with van der Waals surface area (Å²) < 4.78 is 27.4. The predicted octanol–water partition coefficient (Wildman–Crippen LogP) is 15.6. The van der Waals surface area contributed by atoms with E-state index in [4.69, 9.17) is 23.0 Å². The molecule has 0 unspecified atom stereocenters. The molecule has 0 aliphatic heterocycles. The molecule has 0 radical (unpaired) electrons. The third kappa shape index (κ3) is 11.5. The van der Waals surface area contributed by atoms with E-state index in [9.17, 15) is 0 Å². The van der Waals surface area contributed by atoms with Crippen LogP contribution in [0, 0.1) is 0 Å².